The van der Waals surface area contributed by atoms with E-state index in [2.05, 4.69) is 23.9 Å². The lowest BCUT2D eigenvalue weighted by Crippen LogP contribution is -2.36. The number of nitrogens with one attached hydrogen (secondary N) is 2. The van der Waals surface area contributed by atoms with Crippen LogP contribution in [0.1, 0.15) is 32.3 Å². The molecule has 0 amide bonds. The number of rotatable bonds is 5. The number of hydrogen-bond donors (Lipinski definition) is 2. The average molecular weight is 302 g/mol. The second-order valence-corrected chi connectivity index (χ2v) is 8.30. The Hall–Kier alpha value is -0.430. The highest BCUT2D eigenvalue weighted by Gasteiger charge is 2.33. The molecule has 3 atom stereocenters. The van der Waals surface area contributed by atoms with Crippen LogP contribution < -0.4 is 10.0 Å². The van der Waals surface area contributed by atoms with Crippen molar-refractivity contribution in [1.82, 2.24) is 10.0 Å². The van der Waals surface area contributed by atoms with E-state index in [0.29, 0.717) is 22.6 Å². The Bertz CT molecular complexity index is 525. The van der Waals surface area contributed by atoms with Gasteiger partial charge >= 0.3 is 0 Å². The van der Waals surface area contributed by atoms with Crippen molar-refractivity contribution in [1.29, 1.82) is 0 Å². The predicted octanol–water partition coefficient (Wildman–Crippen LogP) is 2.18. The SMILES string of the molecule is CNCc1csc(S(=O)(=O)NC2CCC(C)C2C)c1. The van der Waals surface area contributed by atoms with Gasteiger partial charge in [-0.2, -0.15) is 0 Å². The summed E-state index contributed by atoms with van der Waals surface area (Å²) in [7, 11) is -1.50. The zero-order valence-corrected chi connectivity index (χ0v) is 13.3. The molecule has 0 radical (unpaired) electrons. The van der Waals surface area contributed by atoms with E-state index >= 15 is 0 Å². The quantitative estimate of drug-likeness (QED) is 0.876. The Morgan fingerprint density at radius 3 is 2.68 bits per heavy atom. The molecular formula is C13H22N2O2S2. The Morgan fingerprint density at radius 1 is 1.37 bits per heavy atom. The summed E-state index contributed by atoms with van der Waals surface area (Å²) in [5, 5.41) is 4.92. The van der Waals surface area contributed by atoms with E-state index in [9.17, 15) is 8.42 Å². The van der Waals surface area contributed by atoms with E-state index in [1.807, 2.05) is 12.4 Å². The molecule has 1 aromatic heterocycles. The largest absolute Gasteiger partial charge is 0.316 e. The molecule has 4 nitrogen and oxygen atoms in total. The molecule has 1 heterocycles. The smallest absolute Gasteiger partial charge is 0.250 e. The fourth-order valence-corrected chi connectivity index (χ4v) is 5.17. The third-order valence-corrected chi connectivity index (χ3v) is 7.03. The van der Waals surface area contributed by atoms with E-state index in [-0.39, 0.29) is 6.04 Å². The molecule has 108 valence electrons. The van der Waals surface area contributed by atoms with Crippen molar-refractivity contribution in [2.24, 2.45) is 11.8 Å². The Labute approximate surface area is 119 Å². The third-order valence-electron chi connectivity index (χ3n) is 4.05. The second-order valence-electron chi connectivity index (χ2n) is 5.45. The van der Waals surface area contributed by atoms with Crippen LogP contribution in [0.4, 0.5) is 0 Å². The van der Waals surface area contributed by atoms with Crippen molar-refractivity contribution in [2.75, 3.05) is 7.05 Å². The van der Waals surface area contributed by atoms with Crippen molar-refractivity contribution in [3.8, 4) is 0 Å². The number of sulfonamides is 1. The summed E-state index contributed by atoms with van der Waals surface area (Å²) in [6, 6.07) is 1.84. The fraction of sp³-hybridized carbons (Fsp3) is 0.692. The van der Waals surface area contributed by atoms with Crippen LogP contribution in [0.5, 0.6) is 0 Å². The summed E-state index contributed by atoms with van der Waals surface area (Å²) in [4.78, 5) is 0. The van der Waals surface area contributed by atoms with Gasteiger partial charge < -0.3 is 5.32 Å². The average Bonchev–Trinajstić information content (AvgIpc) is 2.92. The lowest BCUT2D eigenvalue weighted by molar-refractivity contribution is 0.402. The van der Waals surface area contributed by atoms with Crippen LogP contribution in [0.3, 0.4) is 0 Å². The summed E-state index contributed by atoms with van der Waals surface area (Å²) in [6.45, 7) is 5.02. The van der Waals surface area contributed by atoms with Crippen LogP contribution in [0.2, 0.25) is 0 Å². The first kappa shape index (κ1) is 15.0. The zero-order valence-electron chi connectivity index (χ0n) is 11.6. The van der Waals surface area contributed by atoms with Gasteiger partial charge in [-0.15, -0.1) is 11.3 Å². The first-order chi connectivity index (χ1) is 8.94. The molecule has 0 bridgehead atoms. The first-order valence-corrected chi connectivity index (χ1v) is 9.04. The van der Waals surface area contributed by atoms with Gasteiger partial charge in [0.05, 0.1) is 0 Å². The van der Waals surface area contributed by atoms with E-state index in [4.69, 9.17) is 0 Å². The van der Waals surface area contributed by atoms with Crippen LogP contribution in [-0.2, 0) is 16.6 Å². The van der Waals surface area contributed by atoms with Gasteiger partial charge in [-0.1, -0.05) is 13.8 Å². The maximum atomic E-state index is 12.3. The van der Waals surface area contributed by atoms with Crippen molar-refractivity contribution in [3.05, 3.63) is 17.0 Å². The second kappa shape index (κ2) is 5.91. The van der Waals surface area contributed by atoms with E-state index in [0.717, 1.165) is 18.4 Å². The molecule has 0 spiro atoms. The highest BCUT2D eigenvalue weighted by Crippen LogP contribution is 2.32. The van der Waals surface area contributed by atoms with Crippen molar-refractivity contribution in [3.63, 3.8) is 0 Å². The van der Waals surface area contributed by atoms with Crippen LogP contribution in [0.25, 0.3) is 0 Å². The monoisotopic (exact) mass is 302 g/mol. The Kier molecular flexibility index (Phi) is 4.66. The summed E-state index contributed by atoms with van der Waals surface area (Å²) >= 11 is 1.29. The molecule has 1 aromatic rings. The summed E-state index contributed by atoms with van der Waals surface area (Å²) in [5.41, 5.74) is 1.01. The summed E-state index contributed by atoms with van der Waals surface area (Å²) in [6.07, 6.45) is 2.04. The van der Waals surface area contributed by atoms with Crippen LogP contribution >= 0.6 is 11.3 Å². The molecule has 1 fully saturated rings. The van der Waals surface area contributed by atoms with Gasteiger partial charge in [-0.25, -0.2) is 13.1 Å². The maximum absolute atomic E-state index is 12.3. The lowest BCUT2D eigenvalue weighted by atomic mass is 9.98. The van der Waals surface area contributed by atoms with Gasteiger partial charge in [0.1, 0.15) is 4.21 Å². The molecule has 2 rings (SSSR count). The third kappa shape index (κ3) is 3.37. The van der Waals surface area contributed by atoms with Gasteiger partial charge in [0.25, 0.3) is 0 Å². The summed E-state index contributed by atoms with van der Waals surface area (Å²) < 4.78 is 28.0. The maximum Gasteiger partial charge on any atom is 0.250 e. The molecule has 1 saturated carbocycles. The van der Waals surface area contributed by atoms with Crippen LogP contribution in [-0.4, -0.2) is 21.5 Å². The molecular weight excluding hydrogens is 280 g/mol. The highest BCUT2D eigenvalue weighted by atomic mass is 32.2. The Morgan fingerprint density at radius 2 is 2.11 bits per heavy atom. The Balaban J connectivity index is 2.09. The van der Waals surface area contributed by atoms with Gasteiger partial charge in [-0.05, 0) is 48.7 Å². The predicted molar refractivity (Wildman–Crippen MR) is 78.8 cm³/mol. The van der Waals surface area contributed by atoms with E-state index in [1.165, 1.54) is 11.3 Å². The molecule has 2 N–H and O–H groups in total. The van der Waals surface area contributed by atoms with Gasteiger partial charge in [0.2, 0.25) is 10.0 Å². The van der Waals surface area contributed by atoms with Crippen molar-refractivity contribution < 1.29 is 8.42 Å². The van der Waals surface area contributed by atoms with Crippen LogP contribution in [0, 0.1) is 11.8 Å². The molecule has 6 heteroatoms. The zero-order chi connectivity index (χ0) is 14.0. The summed E-state index contributed by atoms with van der Waals surface area (Å²) in [5.74, 6) is 1.00. The van der Waals surface area contributed by atoms with Crippen molar-refractivity contribution >= 4 is 21.4 Å². The minimum absolute atomic E-state index is 0.0786. The molecule has 3 unspecified atom stereocenters. The van der Waals surface area contributed by atoms with Gasteiger partial charge in [0, 0.05) is 12.6 Å². The fourth-order valence-electron chi connectivity index (χ4n) is 2.58. The molecule has 1 aliphatic carbocycles. The van der Waals surface area contributed by atoms with Crippen LogP contribution in [0.15, 0.2) is 15.7 Å². The topological polar surface area (TPSA) is 58.2 Å². The lowest BCUT2D eigenvalue weighted by Gasteiger charge is -2.19. The normalized spacial score (nSPS) is 27.8. The highest BCUT2D eigenvalue weighted by molar-refractivity contribution is 7.91. The first-order valence-electron chi connectivity index (χ1n) is 6.68. The minimum atomic E-state index is -3.36. The van der Waals surface area contributed by atoms with Gasteiger partial charge in [-0.3, -0.25) is 0 Å². The number of thiophene rings is 1. The number of hydrogen-bond acceptors (Lipinski definition) is 4. The van der Waals surface area contributed by atoms with E-state index in [1.54, 1.807) is 6.07 Å². The molecule has 1 aliphatic rings. The van der Waals surface area contributed by atoms with Crippen molar-refractivity contribution in [2.45, 2.75) is 43.5 Å². The molecule has 19 heavy (non-hydrogen) atoms. The van der Waals surface area contributed by atoms with Gasteiger partial charge in [0.15, 0.2) is 0 Å². The molecule has 0 aromatic carbocycles. The van der Waals surface area contributed by atoms with E-state index < -0.39 is 10.0 Å². The molecule has 0 aliphatic heterocycles. The molecule has 0 saturated heterocycles. The minimum Gasteiger partial charge on any atom is -0.316 e. The standard InChI is InChI=1S/C13H22N2O2S2/c1-9-4-5-12(10(9)2)15-19(16,17)13-6-11(7-14-3)8-18-13/h6,8-10,12,14-15H,4-5,7H2,1-3H3.